The number of piperidine rings is 2. The number of likely N-dealkylation sites (tertiary alicyclic amines) is 1. The normalized spacial score (nSPS) is 22.6. The van der Waals surface area contributed by atoms with Gasteiger partial charge in [0.1, 0.15) is 40.0 Å². The number of ether oxygens (including phenoxy) is 3. The second-order valence-electron chi connectivity index (χ2n) is 15.1. The van der Waals surface area contributed by atoms with Crippen molar-refractivity contribution in [2.24, 2.45) is 0 Å². The van der Waals surface area contributed by atoms with Crippen molar-refractivity contribution in [2.45, 2.75) is 95.8 Å². The number of rotatable bonds is 6. The fourth-order valence-corrected chi connectivity index (χ4v) is 8.97. The second kappa shape index (κ2) is 14.0. The highest BCUT2D eigenvalue weighted by molar-refractivity contribution is 7.16. The molecule has 4 aliphatic rings. The maximum atomic E-state index is 12.7. The van der Waals surface area contributed by atoms with Crippen LogP contribution in [-0.2, 0) is 21.3 Å². The molecule has 0 bridgehead atoms. The van der Waals surface area contributed by atoms with Crippen LogP contribution in [0.2, 0.25) is 0 Å². The predicted octanol–water partition coefficient (Wildman–Crippen LogP) is 5.37. The largest absolute Gasteiger partial charge is 0.490 e. The molecule has 0 radical (unpaired) electrons. The van der Waals surface area contributed by atoms with Gasteiger partial charge in [-0.1, -0.05) is 5.16 Å². The number of carbonyl (C=O) groups is 1. The van der Waals surface area contributed by atoms with Crippen LogP contribution in [0.25, 0.3) is 11.5 Å². The molecule has 0 spiro atoms. The molecule has 1 amide bonds. The van der Waals surface area contributed by atoms with Gasteiger partial charge in [-0.05, 0) is 59.8 Å². The third-order valence-electron chi connectivity index (χ3n) is 10.4. The number of pyridine rings is 1. The first kappa shape index (κ1) is 34.5. The van der Waals surface area contributed by atoms with Gasteiger partial charge in [0.05, 0.1) is 24.2 Å². The molecule has 1 atom stereocenters. The molecule has 14 heteroatoms. The topological polar surface area (TPSA) is 156 Å². The van der Waals surface area contributed by atoms with Gasteiger partial charge in [0.15, 0.2) is 0 Å². The molecule has 3 saturated heterocycles. The monoisotopic (exact) mass is 704 g/mol. The molecule has 0 aromatic carbocycles. The minimum Gasteiger partial charge on any atom is -0.490 e. The van der Waals surface area contributed by atoms with E-state index < -0.39 is 11.0 Å². The minimum absolute atomic E-state index is 0.0716. The summed E-state index contributed by atoms with van der Waals surface area (Å²) in [5.74, 6) is 2.34. The molecular formula is C36H48N8O5S. The van der Waals surface area contributed by atoms with Crippen LogP contribution in [0, 0.1) is 11.3 Å². The average molecular weight is 705 g/mol. The van der Waals surface area contributed by atoms with Crippen LogP contribution in [0.15, 0.2) is 16.7 Å². The second-order valence-corrected chi connectivity index (χ2v) is 16.2. The third-order valence-corrected chi connectivity index (χ3v) is 11.5. The Bertz CT molecular complexity index is 1720. The highest BCUT2D eigenvalue weighted by Crippen LogP contribution is 2.48. The smallest absolute Gasteiger partial charge is 0.410 e. The van der Waals surface area contributed by atoms with E-state index in [2.05, 4.69) is 27.9 Å². The Morgan fingerprint density at radius 2 is 1.82 bits per heavy atom. The molecular weight excluding hydrogens is 657 g/mol. The lowest BCUT2D eigenvalue weighted by atomic mass is 9.72. The minimum atomic E-state index is -0.627. The summed E-state index contributed by atoms with van der Waals surface area (Å²) in [6.45, 7) is 14.1. The number of nitrogens with two attached hydrogens (primary N) is 1. The Morgan fingerprint density at radius 1 is 1.08 bits per heavy atom. The molecule has 1 aliphatic carbocycles. The Hall–Kier alpha value is -3.93. The zero-order valence-corrected chi connectivity index (χ0v) is 30.4. The number of aryl methyl sites for hydroxylation is 1. The number of nitrogens with zero attached hydrogens (tertiary/aromatic N) is 7. The maximum Gasteiger partial charge on any atom is 0.410 e. The van der Waals surface area contributed by atoms with Gasteiger partial charge in [-0.15, -0.1) is 11.3 Å². The van der Waals surface area contributed by atoms with Gasteiger partial charge in [-0.2, -0.15) is 10.2 Å². The van der Waals surface area contributed by atoms with Crippen molar-refractivity contribution in [1.82, 2.24) is 24.9 Å². The predicted molar refractivity (Wildman–Crippen MR) is 189 cm³/mol. The summed E-state index contributed by atoms with van der Waals surface area (Å²) in [5, 5.41) is 14.9. The molecule has 3 aromatic heterocycles. The fraction of sp³-hybridized carbons (Fsp3) is 0.639. The molecule has 3 aliphatic heterocycles. The lowest BCUT2D eigenvalue weighted by molar-refractivity contribution is 0.0114. The number of hydrogen-bond acceptors (Lipinski definition) is 13. The van der Waals surface area contributed by atoms with Gasteiger partial charge < -0.3 is 34.3 Å². The fourth-order valence-electron chi connectivity index (χ4n) is 7.78. The van der Waals surface area contributed by atoms with E-state index in [1.54, 1.807) is 4.90 Å². The van der Waals surface area contributed by atoms with E-state index in [9.17, 15) is 10.1 Å². The highest BCUT2D eigenvalue weighted by atomic mass is 32.1. The molecule has 50 heavy (non-hydrogen) atoms. The molecule has 6 heterocycles. The first-order valence-corrected chi connectivity index (χ1v) is 18.7. The SMILES string of the molecule is CC(C)(C)OC(=O)N1CCC(Oc2cc(-c3noc(C4(C)CCCc5sc(N)c(C#N)c54)n3)nc(N3CCC(N4CCOCC4)CC3)c2)CC1. The Labute approximate surface area is 297 Å². The first-order chi connectivity index (χ1) is 24.0. The number of fused-ring (bicyclic) bond motifs is 1. The number of thiophene rings is 1. The zero-order chi connectivity index (χ0) is 35.0. The van der Waals surface area contributed by atoms with Gasteiger partial charge in [0.2, 0.25) is 11.7 Å². The number of amides is 1. The van der Waals surface area contributed by atoms with Crippen molar-refractivity contribution in [1.29, 1.82) is 5.26 Å². The number of nitriles is 1. The molecule has 3 aromatic rings. The third kappa shape index (κ3) is 7.13. The van der Waals surface area contributed by atoms with Crippen LogP contribution in [-0.4, -0.2) is 101 Å². The van der Waals surface area contributed by atoms with Crippen LogP contribution in [0.4, 0.5) is 15.6 Å². The summed E-state index contributed by atoms with van der Waals surface area (Å²) in [4.78, 5) is 30.4. The summed E-state index contributed by atoms with van der Waals surface area (Å²) in [7, 11) is 0. The van der Waals surface area contributed by atoms with Crippen molar-refractivity contribution in [3.05, 3.63) is 34.0 Å². The number of aromatic nitrogens is 3. The van der Waals surface area contributed by atoms with Gasteiger partial charge in [-0.3, -0.25) is 4.90 Å². The number of anilines is 2. The number of morpholine rings is 1. The van der Waals surface area contributed by atoms with E-state index in [-0.39, 0.29) is 12.2 Å². The van der Waals surface area contributed by atoms with Crippen molar-refractivity contribution >= 4 is 28.2 Å². The van der Waals surface area contributed by atoms with Crippen LogP contribution >= 0.6 is 11.3 Å². The molecule has 0 saturated carbocycles. The highest BCUT2D eigenvalue weighted by Gasteiger charge is 2.43. The summed E-state index contributed by atoms with van der Waals surface area (Å²) in [5.41, 5.74) is 7.11. The molecule has 7 rings (SSSR count). The standard InChI is InChI=1S/C36H48N8O5S/c1-35(2,3)48-34(45)44-14-9-24(10-15-44)47-25-20-27(39-29(21-25)43-12-7-23(8-13-43)42-16-18-46-19-17-42)32-40-33(49-41-32)36(4)11-5-6-28-30(36)26(22-37)31(38)50-28/h20-21,23-24H,5-19,38H2,1-4H3. The Kier molecular flexibility index (Phi) is 9.66. The van der Waals surface area contributed by atoms with Crippen molar-refractivity contribution < 1.29 is 23.5 Å². The maximum absolute atomic E-state index is 12.7. The van der Waals surface area contributed by atoms with Gasteiger partial charge in [0.25, 0.3) is 0 Å². The van der Waals surface area contributed by atoms with Gasteiger partial charge in [-0.25, -0.2) is 9.78 Å². The van der Waals surface area contributed by atoms with E-state index in [0.717, 1.165) is 87.8 Å². The van der Waals surface area contributed by atoms with Crippen molar-refractivity contribution in [3.8, 4) is 23.3 Å². The van der Waals surface area contributed by atoms with E-state index in [1.807, 2.05) is 32.9 Å². The number of hydrogen-bond donors (Lipinski definition) is 1. The van der Waals surface area contributed by atoms with E-state index in [4.69, 9.17) is 34.4 Å². The van der Waals surface area contributed by atoms with Gasteiger partial charge in [0, 0.05) is 80.7 Å². The lowest BCUT2D eigenvalue weighted by Gasteiger charge is -2.40. The van der Waals surface area contributed by atoms with E-state index >= 15 is 0 Å². The molecule has 3 fully saturated rings. The van der Waals surface area contributed by atoms with Crippen molar-refractivity contribution in [3.63, 3.8) is 0 Å². The van der Waals surface area contributed by atoms with Crippen LogP contribution < -0.4 is 15.4 Å². The lowest BCUT2D eigenvalue weighted by Crippen LogP contribution is -2.49. The van der Waals surface area contributed by atoms with Crippen LogP contribution in [0.3, 0.4) is 0 Å². The number of carbonyl (C=O) groups excluding carboxylic acids is 1. The molecule has 13 nitrogen and oxygen atoms in total. The van der Waals surface area contributed by atoms with Crippen LogP contribution in [0.1, 0.15) is 88.1 Å². The summed E-state index contributed by atoms with van der Waals surface area (Å²) >= 11 is 1.48. The van der Waals surface area contributed by atoms with E-state index in [1.165, 1.54) is 11.3 Å². The van der Waals surface area contributed by atoms with E-state index in [0.29, 0.717) is 65.7 Å². The summed E-state index contributed by atoms with van der Waals surface area (Å²) < 4.78 is 23.8. The average Bonchev–Trinajstić information content (AvgIpc) is 3.74. The summed E-state index contributed by atoms with van der Waals surface area (Å²) in [6, 6.07) is 6.76. The first-order valence-electron chi connectivity index (χ1n) is 17.9. The van der Waals surface area contributed by atoms with Crippen molar-refractivity contribution in [2.75, 3.05) is 63.1 Å². The Morgan fingerprint density at radius 3 is 2.52 bits per heavy atom. The summed E-state index contributed by atoms with van der Waals surface area (Å²) in [6.07, 6.45) is 5.70. The molecule has 1 unspecified atom stereocenters. The zero-order valence-electron chi connectivity index (χ0n) is 29.6. The quantitative estimate of drug-likeness (QED) is 0.351. The molecule has 268 valence electrons. The molecule has 2 N–H and O–H groups in total. The number of nitrogen functional groups attached to an aromatic ring is 1. The van der Waals surface area contributed by atoms with Gasteiger partial charge >= 0.3 is 6.09 Å². The van der Waals surface area contributed by atoms with Crippen LogP contribution in [0.5, 0.6) is 5.75 Å². The Balaban J connectivity index is 1.14.